The molecule has 1 aromatic heterocycles. The smallest absolute Gasteiger partial charge is 0.365 e. The van der Waals surface area contributed by atoms with Crippen LogP contribution < -0.4 is 19.9 Å². The van der Waals surface area contributed by atoms with Crippen LogP contribution in [0.1, 0.15) is 73.8 Å². The lowest BCUT2D eigenvalue weighted by Crippen LogP contribution is -2.49. The maximum absolute atomic E-state index is 13.4. The SMILES string of the molecule is CCCCCC(C(=O)NCNC(=O)c1ccc(-c2cc(OCC)cc(O[PH](=O)O)c2)o1)C(CC)N(C=O)OC(=O)c1ccccc1. The zero-order valence-corrected chi connectivity index (χ0v) is 27.0. The van der Waals surface area contributed by atoms with E-state index in [2.05, 4.69) is 10.6 Å². The van der Waals surface area contributed by atoms with Crippen molar-refractivity contribution in [2.24, 2.45) is 5.92 Å². The predicted octanol–water partition coefficient (Wildman–Crippen LogP) is 5.12. The van der Waals surface area contributed by atoms with Gasteiger partial charge in [-0.05, 0) is 56.2 Å². The van der Waals surface area contributed by atoms with Crippen molar-refractivity contribution in [2.45, 2.75) is 58.9 Å². The Labute approximate surface area is 268 Å². The normalized spacial score (nSPS) is 12.7. The monoisotopic (exact) mass is 657 g/mol. The number of rotatable bonds is 19. The van der Waals surface area contributed by atoms with Crippen molar-refractivity contribution < 1.29 is 47.2 Å². The molecule has 3 N–H and O–H groups in total. The average Bonchev–Trinajstić information content (AvgIpc) is 3.54. The fraction of sp³-hybridized carbons (Fsp3) is 0.375. The van der Waals surface area contributed by atoms with E-state index in [9.17, 15) is 28.6 Å². The Morgan fingerprint density at radius 2 is 1.74 bits per heavy atom. The van der Waals surface area contributed by atoms with Crippen molar-refractivity contribution >= 4 is 32.4 Å². The number of carbonyl (C=O) groups excluding carboxylic acids is 4. The van der Waals surface area contributed by atoms with Gasteiger partial charge in [-0.25, -0.2) is 9.36 Å². The Bertz CT molecular complexity index is 1480. The van der Waals surface area contributed by atoms with E-state index >= 15 is 0 Å². The predicted molar refractivity (Wildman–Crippen MR) is 169 cm³/mol. The lowest BCUT2D eigenvalue weighted by Gasteiger charge is -2.31. The summed E-state index contributed by atoms with van der Waals surface area (Å²) < 4.78 is 27.4. The second-order valence-corrected chi connectivity index (χ2v) is 10.9. The minimum absolute atomic E-state index is 0.0462. The second-order valence-electron chi connectivity index (χ2n) is 10.2. The Balaban J connectivity index is 1.67. The average molecular weight is 658 g/mol. The standard InChI is InChI=1S/C32H40N3O10P/c1-4-7-9-14-26(27(5-2)35(21-36)44-32(39)22-12-10-8-11-13-22)30(37)33-20-34-31(38)29-16-15-28(43-29)23-17-24(42-6-3)19-25(18-23)45-46(40)41/h8,10-13,15-19,21,26-27,46H,4-7,9,14,20H2,1-3H3,(H,33,37)(H,34,38)(H,40,41). The molecule has 0 bridgehead atoms. The molecule has 2 aromatic carbocycles. The number of amides is 3. The molecule has 46 heavy (non-hydrogen) atoms. The molecule has 0 spiro atoms. The summed E-state index contributed by atoms with van der Waals surface area (Å²) in [6.45, 7) is 5.71. The molecule has 1 heterocycles. The highest BCUT2D eigenvalue weighted by Crippen LogP contribution is 2.34. The third-order valence-corrected chi connectivity index (χ3v) is 7.40. The number of hydrogen-bond donors (Lipinski definition) is 3. The molecule has 0 fully saturated rings. The first-order valence-corrected chi connectivity index (χ1v) is 16.3. The van der Waals surface area contributed by atoms with Crippen LogP contribution in [0.2, 0.25) is 0 Å². The first-order valence-electron chi connectivity index (χ1n) is 15.1. The maximum Gasteiger partial charge on any atom is 0.365 e. The van der Waals surface area contributed by atoms with Crippen LogP contribution in [0.5, 0.6) is 11.5 Å². The van der Waals surface area contributed by atoms with Crippen LogP contribution in [-0.4, -0.2) is 53.5 Å². The van der Waals surface area contributed by atoms with E-state index in [-0.39, 0.29) is 29.5 Å². The molecule has 3 aromatic rings. The number of hydrogen-bond acceptors (Lipinski definition) is 9. The first-order chi connectivity index (χ1) is 22.2. The van der Waals surface area contributed by atoms with E-state index < -0.39 is 38.0 Å². The van der Waals surface area contributed by atoms with Crippen LogP contribution in [0.15, 0.2) is 65.1 Å². The molecule has 3 atom stereocenters. The Kier molecular flexibility index (Phi) is 14.3. The second kappa shape index (κ2) is 18.4. The molecular formula is C32H40N3O10P. The van der Waals surface area contributed by atoms with Crippen molar-refractivity contribution in [3.8, 4) is 22.8 Å². The number of carbonyl (C=O) groups is 4. The maximum atomic E-state index is 13.4. The molecule has 0 aliphatic carbocycles. The summed E-state index contributed by atoms with van der Waals surface area (Å²) in [5.74, 6) is -1.76. The number of hydroxylamine groups is 2. The molecule has 0 aliphatic rings. The largest absolute Gasteiger partial charge is 0.494 e. The summed E-state index contributed by atoms with van der Waals surface area (Å²) in [6.07, 6.45) is 3.65. The van der Waals surface area contributed by atoms with Crippen molar-refractivity contribution in [2.75, 3.05) is 13.3 Å². The van der Waals surface area contributed by atoms with Crippen LogP contribution in [0, 0.1) is 5.92 Å². The summed E-state index contributed by atoms with van der Waals surface area (Å²) in [7, 11) is -3.26. The van der Waals surface area contributed by atoms with E-state index in [1.165, 1.54) is 18.2 Å². The van der Waals surface area contributed by atoms with Gasteiger partial charge in [-0.15, -0.1) is 0 Å². The zero-order chi connectivity index (χ0) is 33.5. The van der Waals surface area contributed by atoms with Gasteiger partial charge in [0.1, 0.15) is 17.3 Å². The Morgan fingerprint density at radius 3 is 2.39 bits per heavy atom. The highest BCUT2D eigenvalue weighted by atomic mass is 31.1. The quantitative estimate of drug-likeness (QED) is 0.0517. The third kappa shape index (κ3) is 10.5. The van der Waals surface area contributed by atoms with Crippen molar-refractivity contribution in [1.82, 2.24) is 15.7 Å². The van der Waals surface area contributed by atoms with Gasteiger partial charge < -0.3 is 34.0 Å². The fourth-order valence-corrected chi connectivity index (χ4v) is 5.13. The minimum atomic E-state index is -3.26. The molecule has 13 nitrogen and oxygen atoms in total. The first kappa shape index (κ1) is 35.9. The van der Waals surface area contributed by atoms with Crippen molar-refractivity contribution in [3.63, 3.8) is 0 Å². The third-order valence-electron chi connectivity index (χ3n) is 6.99. The van der Waals surface area contributed by atoms with E-state index in [0.717, 1.165) is 17.9 Å². The lowest BCUT2D eigenvalue weighted by atomic mass is 9.90. The number of nitrogens with one attached hydrogen (secondary N) is 2. The van der Waals surface area contributed by atoms with Crippen LogP contribution in [-0.2, 0) is 19.0 Å². The Morgan fingerprint density at radius 1 is 1.00 bits per heavy atom. The number of unbranched alkanes of at least 4 members (excludes halogenated alkanes) is 2. The molecule has 0 saturated carbocycles. The van der Waals surface area contributed by atoms with Crippen LogP contribution in [0.25, 0.3) is 11.3 Å². The van der Waals surface area contributed by atoms with Crippen LogP contribution >= 0.6 is 8.25 Å². The summed E-state index contributed by atoms with van der Waals surface area (Å²) in [5.41, 5.74) is 0.711. The van der Waals surface area contributed by atoms with Gasteiger partial charge in [-0.2, -0.15) is 5.06 Å². The number of nitrogens with zero attached hydrogens (tertiary/aromatic N) is 1. The number of benzene rings is 2. The van der Waals surface area contributed by atoms with Crippen LogP contribution in [0.4, 0.5) is 0 Å². The van der Waals surface area contributed by atoms with E-state index in [1.807, 2.05) is 6.92 Å². The van der Waals surface area contributed by atoms with Gasteiger partial charge in [0.15, 0.2) is 5.76 Å². The van der Waals surface area contributed by atoms with Crippen molar-refractivity contribution in [3.05, 3.63) is 72.0 Å². The van der Waals surface area contributed by atoms with Gasteiger partial charge in [0.05, 0.1) is 30.8 Å². The summed E-state index contributed by atoms with van der Waals surface area (Å²) >= 11 is 0. The van der Waals surface area contributed by atoms with E-state index in [0.29, 0.717) is 43.6 Å². The highest BCUT2D eigenvalue weighted by molar-refractivity contribution is 7.32. The fourth-order valence-electron chi connectivity index (χ4n) is 4.81. The van der Waals surface area contributed by atoms with Gasteiger partial charge >= 0.3 is 14.2 Å². The van der Waals surface area contributed by atoms with Gasteiger partial charge in [-0.1, -0.05) is 51.3 Å². The van der Waals surface area contributed by atoms with Crippen LogP contribution in [0.3, 0.4) is 0 Å². The van der Waals surface area contributed by atoms with Gasteiger partial charge in [0.2, 0.25) is 12.3 Å². The summed E-state index contributed by atoms with van der Waals surface area (Å²) in [4.78, 5) is 65.5. The van der Waals surface area contributed by atoms with E-state index in [4.69, 9.17) is 18.5 Å². The number of furan rings is 1. The van der Waals surface area contributed by atoms with Gasteiger partial charge in [-0.3, -0.25) is 14.4 Å². The molecule has 0 aliphatic heterocycles. The summed E-state index contributed by atoms with van der Waals surface area (Å²) in [5, 5.41) is 6.18. The molecule has 0 radical (unpaired) electrons. The molecular weight excluding hydrogens is 617 g/mol. The highest BCUT2D eigenvalue weighted by Gasteiger charge is 2.33. The topological polar surface area (TPSA) is 174 Å². The molecule has 3 unspecified atom stereocenters. The molecule has 3 amide bonds. The van der Waals surface area contributed by atoms with Crippen molar-refractivity contribution in [1.29, 1.82) is 0 Å². The number of ether oxygens (including phenoxy) is 1. The lowest BCUT2D eigenvalue weighted by molar-refractivity contribution is -0.171. The molecule has 0 saturated heterocycles. The zero-order valence-electron chi connectivity index (χ0n) is 26.0. The van der Waals surface area contributed by atoms with Gasteiger partial charge in [0, 0.05) is 11.6 Å². The molecule has 14 heteroatoms. The molecule has 3 rings (SSSR count). The summed E-state index contributed by atoms with van der Waals surface area (Å²) in [6, 6.07) is 15.0. The minimum Gasteiger partial charge on any atom is -0.494 e. The Hall–Kier alpha value is -4.61. The molecule has 248 valence electrons. The van der Waals surface area contributed by atoms with E-state index in [1.54, 1.807) is 56.3 Å². The van der Waals surface area contributed by atoms with Gasteiger partial charge in [0.25, 0.3) is 5.91 Å².